The van der Waals surface area contributed by atoms with Gasteiger partial charge in [-0.25, -0.2) is 4.98 Å². The molecule has 0 bridgehead atoms. The summed E-state index contributed by atoms with van der Waals surface area (Å²) in [6, 6.07) is 74.2. The first kappa shape index (κ1) is 34.7. The summed E-state index contributed by atoms with van der Waals surface area (Å²) in [4.78, 5) is 7.46. The van der Waals surface area contributed by atoms with Gasteiger partial charge in [0.2, 0.25) is 0 Å². The van der Waals surface area contributed by atoms with Crippen LogP contribution in [0.5, 0.6) is 0 Å². The highest BCUT2D eigenvalue weighted by molar-refractivity contribution is 7.25. The number of aromatic nitrogens is 1. The highest BCUT2D eigenvalue weighted by atomic mass is 32.1. The van der Waals surface area contributed by atoms with Crippen LogP contribution in [-0.2, 0) is 0 Å². The van der Waals surface area contributed by atoms with Crippen molar-refractivity contribution in [1.82, 2.24) is 4.98 Å². The maximum absolute atomic E-state index is 6.47. The van der Waals surface area contributed by atoms with Gasteiger partial charge in [-0.3, -0.25) is 0 Å². The van der Waals surface area contributed by atoms with E-state index in [1.807, 2.05) is 17.4 Å². The van der Waals surface area contributed by atoms with Gasteiger partial charge in [-0.2, -0.15) is 0 Å². The molecular weight excluding hydrogens is 769 g/mol. The maximum atomic E-state index is 6.47. The fourth-order valence-corrected chi connectivity index (χ4v) is 10.6. The fraction of sp³-hybridized carbons (Fsp3) is 0. The Morgan fingerprint density at radius 2 is 0.983 bits per heavy atom. The van der Waals surface area contributed by atoms with Crippen molar-refractivity contribution in [1.29, 1.82) is 0 Å². The van der Waals surface area contributed by atoms with E-state index in [-0.39, 0.29) is 0 Å². The van der Waals surface area contributed by atoms with Crippen molar-refractivity contribution in [3.05, 3.63) is 206 Å². The van der Waals surface area contributed by atoms with Crippen molar-refractivity contribution in [2.24, 2.45) is 0 Å². The van der Waals surface area contributed by atoms with Crippen LogP contribution in [0.3, 0.4) is 0 Å². The molecule has 3 heterocycles. The molecular formula is C55H34N2OS2. The molecule has 0 amide bonds. The Morgan fingerprint density at radius 3 is 1.78 bits per heavy atom. The number of thiophene rings is 1. The number of anilines is 3. The minimum atomic E-state index is 0.871. The monoisotopic (exact) mass is 802 g/mol. The molecule has 12 rings (SSSR count). The van der Waals surface area contributed by atoms with Gasteiger partial charge in [-0.05, 0) is 94.5 Å². The Hall–Kier alpha value is -7.31. The van der Waals surface area contributed by atoms with Gasteiger partial charge in [0.1, 0.15) is 16.2 Å². The Balaban J connectivity index is 1.02. The average Bonchev–Trinajstić information content (AvgIpc) is 4.02. The van der Waals surface area contributed by atoms with Gasteiger partial charge in [0.25, 0.3) is 0 Å². The van der Waals surface area contributed by atoms with Gasteiger partial charge >= 0.3 is 0 Å². The van der Waals surface area contributed by atoms with Crippen molar-refractivity contribution in [3.8, 4) is 44.0 Å². The Kier molecular flexibility index (Phi) is 8.22. The molecule has 5 heteroatoms. The summed E-state index contributed by atoms with van der Waals surface area (Å²) < 4.78 is 10.2. The van der Waals surface area contributed by atoms with Crippen LogP contribution < -0.4 is 4.90 Å². The van der Waals surface area contributed by atoms with E-state index < -0.39 is 0 Å². The summed E-state index contributed by atoms with van der Waals surface area (Å²) in [5.41, 5.74) is 14.1. The molecule has 0 fully saturated rings. The minimum Gasteiger partial charge on any atom is -0.456 e. The Morgan fingerprint density at radius 1 is 0.367 bits per heavy atom. The van der Waals surface area contributed by atoms with E-state index in [1.54, 1.807) is 11.3 Å². The zero-order valence-electron chi connectivity index (χ0n) is 32.2. The molecule has 9 aromatic carbocycles. The molecule has 282 valence electrons. The molecule has 0 saturated heterocycles. The normalized spacial score (nSPS) is 11.7. The zero-order valence-corrected chi connectivity index (χ0v) is 33.9. The van der Waals surface area contributed by atoms with Crippen LogP contribution in [0.1, 0.15) is 0 Å². The molecule has 3 nitrogen and oxygen atoms in total. The topological polar surface area (TPSA) is 29.3 Å². The van der Waals surface area contributed by atoms with Crippen LogP contribution in [0.15, 0.2) is 211 Å². The van der Waals surface area contributed by atoms with Crippen LogP contribution in [0.25, 0.3) is 96.3 Å². The molecule has 0 spiro atoms. The molecule has 0 aliphatic carbocycles. The lowest BCUT2D eigenvalue weighted by Crippen LogP contribution is -2.11. The predicted octanol–water partition coefficient (Wildman–Crippen LogP) is 16.7. The zero-order chi connectivity index (χ0) is 39.6. The number of rotatable bonds is 7. The van der Waals surface area contributed by atoms with Crippen LogP contribution in [0, 0.1) is 0 Å². The molecule has 0 atom stereocenters. The van der Waals surface area contributed by atoms with Gasteiger partial charge in [-0.1, -0.05) is 133 Å². The molecule has 12 aromatic rings. The number of furan rings is 1. The molecule has 3 aromatic heterocycles. The van der Waals surface area contributed by atoms with Crippen LogP contribution in [-0.4, -0.2) is 4.98 Å². The van der Waals surface area contributed by atoms with Crippen LogP contribution in [0.4, 0.5) is 17.1 Å². The van der Waals surface area contributed by atoms with E-state index in [0.717, 1.165) is 82.0 Å². The molecule has 0 saturated carbocycles. The van der Waals surface area contributed by atoms with Crippen LogP contribution in [0.2, 0.25) is 0 Å². The average molecular weight is 803 g/mol. The smallest absolute Gasteiger partial charge is 0.136 e. The van der Waals surface area contributed by atoms with Crippen molar-refractivity contribution in [2.75, 3.05) is 4.90 Å². The number of fused-ring (bicyclic) bond motifs is 7. The second-order valence-corrected chi connectivity index (χ2v) is 17.3. The number of thiazole rings is 1. The van der Waals surface area contributed by atoms with Crippen molar-refractivity contribution >= 4 is 92.1 Å². The van der Waals surface area contributed by atoms with Gasteiger partial charge in [0.05, 0.1) is 15.9 Å². The number of hydrogen-bond donors (Lipinski definition) is 0. The van der Waals surface area contributed by atoms with Crippen molar-refractivity contribution in [3.63, 3.8) is 0 Å². The first-order valence-electron chi connectivity index (χ1n) is 20.1. The Labute approximate surface area is 354 Å². The largest absolute Gasteiger partial charge is 0.456 e. The summed E-state index contributed by atoms with van der Waals surface area (Å²) in [5, 5.41) is 5.73. The van der Waals surface area contributed by atoms with Crippen molar-refractivity contribution < 1.29 is 4.42 Å². The summed E-state index contributed by atoms with van der Waals surface area (Å²) >= 11 is 3.55. The Bertz CT molecular complexity index is 3530. The molecule has 0 aliphatic heterocycles. The molecule has 0 aliphatic rings. The molecule has 0 unspecified atom stereocenters. The number of nitrogens with zero attached hydrogens (tertiary/aromatic N) is 2. The second-order valence-electron chi connectivity index (χ2n) is 15.1. The highest BCUT2D eigenvalue weighted by Gasteiger charge is 2.21. The summed E-state index contributed by atoms with van der Waals surface area (Å²) in [6.45, 7) is 0. The highest BCUT2D eigenvalue weighted by Crippen LogP contribution is 2.46. The van der Waals surface area contributed by atoms with Gasteiger partial charge in [-0.15, -0.1) is 22.7 Å². The molecule has 0 radical (unpaired) electrons. The summed E-state index contributed by atoms with van der Waals surface area (Å²) in [5.74, 6) is 0. The first-order valence-corrected chi connectivity index (χ1v) is 21.7. The van der Waals surface area contributed by atoms with Crippen molar-refractivity contribution in [2.45, 2.75) is 0 Å². The van der Waals surface area contributed by atoms with Crippen LogP contribution >= 0.6 is 22.7 Å². The van der Waals surface area contributed by atoms with Gasteiger partial charge in [0, 0.05) is 59.5 Å². The minimum absolute atomic E-state index is 0.871. The summed E-state index contributed by atoms with van der Waals surface area (Å²) in [7, 11) is 0. The fourth-order valence-electron chi connectivity index (χ4n) is 8.56. The number of benzene rings is 9. The lowest BCUT2D eigenvalue weighted by Gasteiger charge is -2.29. The van der Waals surface area contributed by atoms with E-state index in [2.05, 4.69) is 205 Å². The molecule has 60 heavy (non-hydrogen) atoms. The number of hydrogen-bond acceptors (Lipinski definition) is 5. The third-order valence-corrected chi connectivity index (χ3v) is 13.7. The second kappa shape index (κ2) is 14.2. The lowest BCUT2D eigenvalue weighted by molar-refractivity contribution is 0.669. The molecule has 0 N–H and O–H groups in total. The van der Waals surface area contributed by atoms with E-state index >= 15 is 0 Å². The SMILES string of the molecule is c1ccc(-c2ccc(N(c3ccc4sc5ccccc5c4c3)c3ccc(-c4ccc5oc6cc7sc(-c8ccccc8)nc7cc6c5c4)cc3-c3ccccc3)cc2)cc1. The van der Waals surface area contributed by atoms with Gasteiger partial charge < -0.3 is 9.32 Å². The van der Waals surface area contributed by atoms with E-state index in [9.17, 15) is 0 Å². The lowest BCUT2D eigenvalue weighted by atomic mass is 9.95. The standard InChI is InChI=1S/C55H34N2OS2/c1-4-12-35(13-5-1)36-20-24-41(25-21-36)57(42-26-29-53-47(32-42)43-18-10-11-19-52(43)59-53)49-27-22-39(30-44(49)37-14-6-2-7-15-37)40-23-28-50-45(31-40)46-33-48-54(34-51(46)58-50)60-55(56-48)38-16-8-3-9-17-38/h1-34H. The predicted molar refractivity (Wildman–Crippen MR) is 256 cm³/mol. The third-order valence-electron chi connectivity index (χ3n) is 11.5. The quantitative estimate of drug-likeness (QED) is 0.161. The third kappa shape index (κ3) is 5.98. The van der Waals surface area contributed by atoms with Gasteiger partial charge in [0.15, 0.2) is 0 Å². The van der Waals surface area contributed by atoms with E-state index in [4.69, 9.17) is 9.40 Å². The summed E-state index contributed by atoms with van der Waals surface area (Å²) in [6.07, 6.45) is 0. The maximum Gasteiger partial charge on any atom is 0.136 e. The first-order chi connectivity index (χ1) is 29.7. The van der Waals surface area contributed by atoms with E-state index in [0.29, 0.717) is 0 Å². The van der Waals surface area contributed by atoms with E-state index in [1.165, 1.54) is 31.3 Å².